The average molecular weight is 502 g/mol. The van der Waals surface area contributed by atoms with Crippen molar-refractivity contribution in [3.8, 4) is 11.4 Å². The molecule has 2 aromatic carbocycles. The van der Waals surface area contributed by atoms with Crippen LogP contribution in [0.1, 0.15) is 18.2 Å². The number of halogens is 1. The SMILES string of the molecule is CCc1[nH]n(-c2ccc(Cl)cc2)c(=O)c1C1=C([n+]2ccccc2)C(=O)N(c2ccc(OC)cc2)C1=O. The van der Waals surface area contributed by atoms with Crippen molar-refractivity contribution < 1.29 is 18.9 Å². The van der Waals surface area contributed by atoms with E-state index in [1.165, 1.54) is 11.8 Å². The van der Waals surface area contributed by atoms with Crippen molar-refractivity contribution >= 4 is 40.4 Å². The Morgan fingerprint density at radius 2 is 1.53 bits per heavy atom. The normalized spacial score (nSPS) is 13.6. The molecule has 180 valence electrons. The van der Waals surface area contributed by atoms with Gasteiger partial charge in [0.25, 0.3) is 17.2 Å². The molecule has 4 aromatic rings. The van der Waals surface area contributed by atoms with Crippen molar-refractivity contribution in [2.75, 3.05) is 12.0 Å². The Hall–Kier alpha value is -4.43. The minimum Gasteiger partial charge on any atom is -0.497 e. The van der Waals surface area contributed by atoms with Gasteiger partial charge in [-0.3, -0.25) is 19.5 Å². The fourth-order valence-electron chi connectivity index (χ4n) is 4.26. The van der Waals surface area contributed by atoms with Crippen molar-refractivity contribution in [2.24, 2.45) is 0 Å². The standard InChI is InChI=1S/C27H21ClN4O4/c1-3-21-22(26(34)32(29-21)19-9-7-17(28)8-10-19)23-24(30-15-5-4-6-16-30)27(35)31(25(23)33)18-11-13-20(36-2)14-12-18/h4-16H,3H2,1-2H3/p+1. The summed E-state index contributed by atoms with van der Waals surface area (Å²) in [7, 11) is 1.54. The van der Waals surface area contributed by atoms with E-state index in [1.54, 1.807) is 83.7 Å². The van der Waals surface area contributed by atoms with Crippen LogP contribution in [0.4, 0.5) is 5.69 Å². The summed E-state index contributed by atoms with van der Waals surface area (Å²) in [5.74, 6) is -0.518. The van der Waals surface area contributed by atoms with E-state index in [-0.39, 0.29) is 16.8 Å². The molecule has 0 radical (unpaired) electrons. The van der Waals surface area contributed by atoms with Gasteiger partial charge in [0.2, 0.25) is 0 Å². The average Bonchev–Trinajstić information content (AvgIpc) is 3.36. The molecule has 0 saturated carbocycles. The zero-order valence-corrected chi connectivity index (χ0v) is 20.3. The van der Waals surface area contributed by atoms with Crippen LogP contribution >= 0.6 is 11.6 Å². The number of methoxy groups -OCH3 is 1. The smallest absolute Gasteiger partial charge is 0.331 e. The molecule has 9 heteroatoms. The number of rotatable bonds is 6. The van der Waals surface area contributed by atoms with E-state index in [4.69, 9.17) is 16.3 Å². The first-order valence-electron chi connectivity index (χ1n) is 11.3. The highest BCUT2D eigenvalue weighted by molar-refractivity contribution is 6.53. The molecule has 0 fully saturated rings. The highest BCUT2D eigenvalue weighted by atomic mass is 35.5. The Bertz CT molecular complexity index is 1550. The highest BCUT2D eigenvalue weighted by Crippen LogP contribution is 2.34. The van der Waals surface area contributed by atoms with Crippen molar-refractivity contribution in [2.45, 2.75) is 13.3 Å². The first-order chi connectivity index (χ1) is 17.4. The Balaban J connectivity index is 1.73. The molecule has 5 rings (SSSR count). The van der Waals surface area contributed by atoms with Crippen LogP contribution in [0.25, 0.3) is 17.0 Å². The molecular formula is C27H22ClN4O4+. The van der Waals surface area contributed by atoms with Crippen molar-refractivity contribution in [3.05, 3.63) is 106 Å². The van der Waals surface area contributed by atoms with Gasteiger partial charge in [-0.05, 0) is 55.0 Å². The number of hydrogen-bond donors (Lipinski definition) is 1. The van der Waals surface area contributed by atoms with Crippen LogP contribution in [0.3, 0.4) is 0 Å². The van der Waals surface area contributed by atoms with Gasteiger partial charge in [-0.2, -0.15) is 4.57 Å². The zero-order valence-electron chi connectivity index (χ0n) is 19.6. The van der Waals surface area contributed by atoms with E-state index in [0.717, 1.165) is 4.90 Å². The molecule has 36 heavy (non-hydrogen) atoms. The van der Waals surface area contributed by atoms with Crippen LogP contribution in [0.5, 0.6) is 5.75 Å². The number of pyridine rings is 1. The maximum Gasteiger partial charge on any atom is 0.331 e. The van der Waals surface area contributed by atoms with Crippen LogP contribution in [0.15, 0.2) is 83.9 Å². The predicted octanol–water partition coefficient (Wildman–Crippen LogP) is 3.62. The number of amides is 2. The predicted molar refractivity (Wildman–Crippen MR) is 136 cm³/mol. The van der Waals surface area contributed by atoms with E-state index in [9.17, 15) is 14.4 Å². The molecule has 0 bridgehead atoms. The maximum atomic E-state index is 13.9. The van der Waals surface area contributed by atoms with Gasteiger partial charge in [0, 0.05) is 22.8 Å². The molecule has 1 N–H and O–H groups in total. The lowest BCUT2D eigenvalue weighted by molar-refractivity contribution is -0.576. The molecule has 8 nitrogen and oxygen atoms in total. The molecular weight excluding hydrogens is 480 g/mol. The van der Waals surface area contributed by atoms with Crippen molar-refractivity contribution in [1.82, 2.24) is 9.78 Å². The number of hydrogen-bond acceptors (Lipinski definition) is 4. The van der Waals surface area contributed by atoms with E-state index in [1.807, 2.05) is 6.92 Å². The third-order valence-corrected chi connectivity index (χ3v) is 6.27. The van der Waals surface area contributed by atoms with Gasteiger partial charge in [0.15, 0.2) is 12.4 Å². The van der Waals surface area contributed by atoms with Gasteiger partial charge < -0.3 is 4.74 Å². The van der Waals surface area contributed by atoms with Crippen LogP contribution in [-0.2, 0) is 16.0 Å². The number of aromatic amines is 1. The molecule has 0 aliphatic carbocycles. The number of nitrogens with zero attached hydrogens (tertiary/aromatic N) is 3. The second kappa shape index (κ2) is 9.31. The summed E-state index contributed by atoms with van der Waals surface area (Å²) >= 11 is 6.02. The third-order valence-electron chi connectivity index (χ3n) is 6.02. The monoisotopic (exact) mass is 501 g/mol. The molecule has 2 aromatic heterocycles. The number of nitrogens with one attached hydrogen (secondary N) is 1. The second-order valence-electron chi connectivity index (χ2n) is 8.09. The number of carbonyl (C=O) groups is 2. The Labute approximate surface area is 211 Å². The van der Waals surface area contributed by atoms with Crippen LogP contribution < -0.4 is 19.8 Å². The summed E-state index contributed by atoms with van der Waals surface area (Å²) in [6.07, 6.45) is 3.79. The molecule has 3 heterocycles. The Morgan fingerprint density at radius 3 is 2.14 bits per heavy atom. The van der Waals surface area contributed by atoms with E-state index in [2.05, 4.69) is 5.10 Å². The summed E-state index contributed by atoms with van der Waals surface area (Å²) in [6, 6.07) is 18.7. The first kappa shape index (κ1) is 23.3. The summed E-state index contributed by atoms with van der Waals surface area (Å²) < 4.78 is 8.13. The fourth-order valence-corrected chi connectivity index (χ4v) is 4.39. The van der Waals surface area contributed by atoms with Gasteiger partial charge in [-0.15, -0.1) is 0 Å². The van der Waals surface area contributed by atoms with Crippen LogP contribution in [-0.4, -0.2) is 28.7 Å². The summed E-state index contributed by atoms with van der Waals surface area (Å²) in [5.41, 5.74) is 1.34. The number of imide groups is 1. The maximum absolute atomic E-state index is 13.9. The fraction of sp³-hybridized carbons (Fsp3) is 0.111. The number of anilines is 1. The molecule has 0 spiro atoms. The molecule has 1 aliphatic heterocycles. The minimum absolute atomic E-state index is 0.0397. The number of H-pyrrole nitrogens is 1. The van der Waals surface area contributed by atoms with Crippen LogP contribution in [0.2, 0.25) is 5.02 Å². The number of benzene rings is 2. The lowest BCUT2D eigenvalue weighted by atomic mass is 10.0. The lowest BCUT2D eigenvalue weighted by Gasteiger charge is -2.14. The molecule has 0 unspecified atom stereocenters. The van der Waals surface area contributed by atoms with Gasteiger partial charge in [0.1, 0.15) is 11.3 Å². The molecule has 0 atom stereocenters. The number of aryl methyl sites for hydroxylation is 1. The van der Waals surface area contributed by atoms with Crippen molar-refractivity contribution in [1.29, 1.82) is 0 Å². The van der Waals surface area contributed by atoms with Crippen LogP contribution in [0, 0.1) is 0 Å². The minimum atomic E-state index is -0.578. The molecule has 0 saturated heterocycles. The van der Waals surface area contributed by atoms with Crippen molar-refractivity contribution in [3.63, 3.8) is 0 Å². The second-order valence-corrected chi connectivity index (χ2v) is 8.52. The van der Waals surface area contributed by atoms with E-state index < -0.39 is 17.4 Å². The molecule has 1 aliphatic rings. The topological polar surface area (TPSA) is 88.3 Å². The largest absolute Gasteiger partial charge is 0.497 e. The van der Waals surface area contributed by atoms with Gasteiger partial charge in [0.05, 0.1) is 24.0 Å². The summed E-state index contributed by atoms with van der Waals surface area (Å²) in [4.78, 5) is 42.5. The number of aromatic nitrogens is 3. The Morgan fingerprint density at radius 1 is 0.889 bits per heavy atom. The van der Waals surface area contributed by atoms with Gasteiger partial charge in [-0.1, -0.05) is 24.6 Å². The quantitative estimate of drug-likeness (QED) is 0.323. The van der Waals surface area contributed by atoms with E-state index >= 15 is 0 Å². The first-order valence-corrected chi connectivity index (χ1v) is 11.7. The summed E-state index contributed by atoms with van der Waals surface area (Å²) in [5, 5.41) is 3.64. The summed E-state index contributed by atoms with van der Waals surface area (Å²) in [6.45, 7) is 1.87. The van der Waals surface area contributed by atoms with Gasteiger partial charge >= 0.3 is 5.91 Å². The molecule has 2 amide bonds. The Kier molecular flexibility index (Phi) is 6.03. The number of ether oxygens (including phenoxy) is 1. The highest BCUT2D eigenvalue weighted by Gasteiger charge is 2.48. The van der Waals surface area contributed by atoms with E-state index in [0.29, 0.717) is 34.3 Å². The number of carbonyl (C=O) groups excluding carboxylic acids is 2. The van der Waals surface area contributed by atoms with Gasteiger partial charge in [-0.25, -0.2) is 9.58 Å². The third kappa shape index (κ3) is 3.81. The lowest BCUT2D eigenvalue weighted by Crippen LogP contribution is -2.39. The zero-order chi connectivity index (χ0) is 25.4.